The second kappa shape index (κ2) is 5.92. The third-order valence-corrected chi connectivity index (χ3v) is 3.97. The summed E-state index contributed by atoms with van der Waals surface area (Å²) in [5.41, 5.74) is 3.06. The van der Waals surface area contributed by atoms with Gasteiger partial charge in [0.15, 0.2) is 4.77 Å². The van der Waals surface area contributed by atoms with Crippen LogP contribution in [0.3, 0.4) is 0 Å². The van der Waals surface area contributed by atoms with Gasteiger partial charge < -0.3 is 14.3 Å². The standard InChI is InChI=1S/C16H15ClN2OS/c1-11-4-2-5-12(10-11)20-9-8-19-14-7-3-6-13(17)15(14)18-16(19)21/h2-7,10H,8-9H2,1H3,(H,18,21). The predicted octanol–water partition coefficient (Wildman–Crippen LogP) is 4.74. The van der Waals surface area contributed by atoms with Crippen LogP contribution in [0.2, 0.25) is 5.02 Å². The number of ether oxygens (including phenoxy) is 1. The van der Waals surface area contributed by atoms with Crippen LogP contribution in [-0.4, -0.2) is 16.2 Å². The van der Waals surface area contributed by atoms with E-state index in [1.807, 2.05) is 54.0 Å². The molecule has 0 bridgehead atoms. The van der Waals surface area contributed by atoms with Gasteiger partial charge in [-0.3, -0.25) is 0 Å². The summed E-state index contributed by atoms with van der Waals surface area (Å²) in [7, 11) is 0. The average Bonchev–Trinajstić information content (AvgIpc) is 2.77. The van der Waals surface area contributed by atoms with E-state index in [0.717, 1.165) is 16.8 Å². The molecule has 1 aromatic heterocycles. The summed E-state index contributed by atoms with van der Waals surface area (Å²) in [5, 5.41) is 0.678. The second-order valence-corrected chi connectivity index (χ2v) is 5.67. The molecule has 21 heavy (non-hydrogen) atoms. The molecule has 3 nitrogen and oxygen atoms in total. The summed E-state index contributed by atoms with van der Waals surface area (Å²) >= 11 is 11.5. The van der Waals surface area contributed by atoms with E-state index in [0.29, 0.717) is 22.9 Å². The predicted molar refractivity (Wildman–Crippen MR) is 88.8 cm³/mol. The normalized spacial score (nSPS) is 11.0. The topological polar surface area (TPSA) is 29.9 Å². The summed E-state index contributed by atoms with van der Waals surface area (Å²) in [4.78, 5) is 3.14. The van der Waals surface area contributed by atoms with Crippen molar-refractivity contribution in [1.29, 1.82) is 0 Å². The molecule has 0 radical (unpaired) electrons. The Morgan fingerprint density at radius 1 is 1.24 bits per heavy atom. The molecule has 0 aliphatic carbocycles. The summed E-state index contributed by atoms with van der Waals surface area (Å²) in [6, 6.07) is 13.8. The average molecular weight is 319 g/mol. The molecule has 108 valence electrons. The number of para-hydroxylation sites is 1. The highest BCUT2D eigenvalue weighted by Gasteiger charge is 2.07. The number of aryl methyl sites for hydroxylation is 1. The molecule has 3 aromatic rings. The lowest BCUT2D eigenvalue weighted by atomic mass is 10.2. The van der Waals surface area contributed by atoms with E-state index in [2.05, 4.69) is 4.98 Å². The van der Waals surface area contributed by atoms with Crippen molar-refractivity contribution in [2.24, 2.45) is 0 Å². The number of imidazole rings is 1. The van der Waals surface area contributed by atoms with Gasteiger partial charge in [-0.25, -0.2) is 0 Å². The van der Waals surface area contributed by atoms with Gasteiger partial charge in [0.1, 0.15) is 12.4 Å². The fraction of sp³-hybridized carbons (Fsp3) is 0.188. The van der Waals surface area contributed by atoms with Gasteiger partial charge in [-0.15, -0.1) is 0 Å². The van der Waals surface area contributed by atoms with Crippen molar-refractivity contribution < 1.29 is 4.74 Å². The first kappa shape index (κ1) is 14.2. The van der Waals surface area contributed by atoms with E-state index in [9.17, 15) is 0 Å². The van der Waals surface area contributed by atoms with Crippen molar-refractivity contribution in [3.63, 3.8) is 0 Å². The highest BCUT2D eigenvalue weighted by molar-refractivity contribution is 7.71. The van der Waals surface area contributed by atoms with Crippen molar-refractivity contribution in [2.45, 2.75) is 13.5 Å². The van der Waals surface area contributed by atoms with Gasteiger partial charge in [0, 0.05) is 0 Å². The molecule has 0 aliphatic heterocycles. The van der Waals surface area contributed by atoms with Crippen molar-refractivity contribution in [3.8, 4) is 5.75 Å². The maximum absolute atomic E-state index is 6.17. The number of hydrogen-bond donors (Lipinski definition) is 1. The minimum Gasteiger partial charge on any atom is -0.492 e. The summed E-state index contributed by atoms with van der Waals surface area (Å²) in [6.45, 7) is 3.27. The van der Waals surface area contributed by atoms with Gasteiger partial charge in [0.25, 0.3) is 0 Å². The van der Waals surface area contributed by atoms with Crippen LogP contribution in [0.25, 0.3) is 11.0 Å². The molecule has 0 saturated carbocycles. The maximum atomic E-state index is 6.17. The van der Waals surface area contributed by atoms with E-state index in [1.54, 1.807) is 0 Å². The van der Waals surface area contributed by atoms with Crippen LogP contribution in [0.4, 0.5) is 0 Å². The van der Waals surface area contributed by atoms with E-state index >= 15 is 0 Å². The number of nitrogens with zero attached hydrogens (tertiary/aromatic N) is 1. The van der Waals surface area contributed by atoms with Gasteiger partial charge in [-0.1, -0.05) is 29.8 Å². The Bertz CT molecular complexity index is 838. The largest absolute Gasteiger partial charge is 0.492 e. The highest BCUT2D eigenvalue weighted by atomic mass is 35.5. The minimum absolute atomic E-state index is 0.553. The first-order chi connectivity index (χ1) is 10.1. The Labute approximate surface area is 133 Å². The number of fused-ring (bicyclic) bond motifs is 1. The third kappa shape index (κ3) is 2.96. The Kier molecular flexibility index (Phi) is 3.99. The summed E-state index contributed by atoms with van der Waals surface area (Å²) in [6.07, 6.45) is 0. The van der Waals surface area contributed by atoms with Crippen molar-refractivity contribution in [1.82, 2.24) is 9.55 Å². The number of nitrogens with one attached hydrogen (secondary N) is 1. The number of H-pyrrole nitrogens is 1. The van der Waals surface area contributed by atoms with Gasteiger partial charge >= 0.3 is 0 Å². The van der Waals surface area contributed by atoms with E-state index in [4.69, 9.17) is 28.6 Å². The van der Waals surface area contributed by atoms with Crippen LogP contribution in [-0.2, 0) is 6.54 Å². The van der Waals surface area contributed by atoms with Crippen LogP contribution < -0.4 is 4.74 Å². The molecule has 0 fully saturated rings. The first-order valence-electron chi connectivity index (χ1n) is 6.71. The van der Waals surface area contributed by atoms with E-state index in [-0.39, 0.29) is 0 Å². The molecule has 0 unspecified atom stereocenters. The lowest BCUT2D eigenvalue weighted by Crippen LogP contribution is -2.08. The van der Waals surface area contributed by atoms with Gasteiger partial charge in [-0.05, 0) is 49.0 Å². The molecule has 3 rings (SSSR count). The second-order valence-electron chi connectivity index (χ2n) is 4.88. The molecule has 0 aliphatic rings. The molecular formula is C16H15ClN2OS. The van der Waals surface area contributed by atoms with Gasteiger partial charge in [-0.2, -0.15) is 0 Å². The molecule has 1 N–H and O–H groups in total. The van der Waals surface area contributed by atoms with Gasteiger partial charge in [0.05, 0.1) is 22.6 Å². The number of rotatable bonds is 4. The van der Waals surface area contributed by atoms with Crippen LogP contribution in [0.1, 0.15) is 5.56 Å². The first-order valence-corrected chi connectivity index (χ1v) is 7.50. The monoisotopic (exact) mass is 318 g/mol. The SMILES string of the molecule is Cc1cccc(OCCn2c(=S)[nH]c3c(Cl)cccc32)c1. The molecule has 0 amide bonds. The van der Waals surface area contributed by atoms with E-state index < -0.39 is 0 Å². The van der Waals surface area contributed by atoms with Crippen molar-refractivity contribution in [3.05, 3.63) is 57.8 Å². The summed E-state index contributed by atoms with van der Waals surface area (Å²) < 4.78 is 8.44. The Morgan fingerprint density at radius 2 is 2.05 bits per heavy atom. The highest BCUT2D eigenvalue weighted by Crippen LogP contribution is 2.22. The molecule has 0 saturated heterocycles. The molecular weight excluding hydrogens is 304 g/mol. The zero-order chi connectivity index (χ0) is 14.8. The number of aromatic nitrogens is 2. The lowest BCUT2D eigenvalue weighted by molar-refractivity contribution is 0.299. The molecule has 5 heteroatoms. The van der Waals surface area contributed by atoms with Crippen LogP contribution >= 0.6 is 23.8 Å². The van der Waals surface area contributed by atoms with E-state index in [1.165, 1.54) is 5.56 Å². The molecule has 0 atom stereocenters. The fourth-order valence-electron chi connectivity index (χ4n) is 2.33. The van der Waals surface area contributed by atoms with Crippen molar-refractivity contribution >= 4 is 34.9 Å². The van der Waals surface area contributed by atoms with Crippen LogP contribution in [0.5, 0.6) is 5.75 Å². The molecule has 2 aromatic carbocycles. The lowest BCUT2D eigenvalue weighted by Gasteiger charge is -2.08. The number of halogens is 1. The van der Waals surface area contributed by atoms with Crippen LogP contribution in [0.15, 0.2) is 42.5 Å². The third-order valence-electron chi connectivity index (χ3n) is 3.33. The van der Waals surface area contributed by atoms with Crippen molar-refractivity contribution in [2.75, 3.05) is 6.61 Å². The Hall–Kier alpha value is -1.78. The smallest absolute Gasteiger partial charge is 0.178 e. The number of benzene rings is 2. The number of hydrogen-bond acceptors (Lipinski definition) is 2. The zero-order valence-electron chi connectivity index (χ0n) is 11.6. The molecule has 0 spiro atoms. The minimum atomic E-state index is 0.553. The maximum Gasteiger partial charge on any atom is 0.178 e. The van der Waals surface area contributed by atoms with Crippen LogP contribution in [0, 0.1) is 11.7 Å². The molecule has 1 heterocycles. The number of aromatic amines is 1. The summed E-state index contributed by atoms with van der Waals surface area (Å²) in [5.74, 6) is 0.874. The Balaban J connectivity index is 1.78. The quantitative estimate of drug-likeness (QED) is 0.704. The van der Waals surface area contributed by atoms with Gasteiger partial charge in [0.2, 0.25) is 0 Å². The fourth-order valence-corrected chi connectivity index (χ4v) is 2.84. The zero-order valence-corrected chi connectivity index (χ0v) is 13.2. The Morgan fingerprint density at radius 3 is 2.86 bits per heavy atom.